The van der Waals surface area contributed by atoms with E-state index in [1.165, 1.54) is 18.9 Å². The number of aliphatic hydroxyl groups excluding tert-OH is 1. The van der Waals surface area contributed by atoms with Gasteiger partial charge in [-0.2, -0.15) is 5.06 Å². The zero-order chi connectivity index (χ0) is 18.9. The van der Waals surface area contributed by atoms with Gasteiger partial charge in [-0.25, -0.2) is 0 Å². The molecule has 0 radical (unpaired) electrons. The normalized spacial score (nSPS) is 11.7. The van der Waals surface area contributed by atoms with Crippen LogP contribution in [0.25, 0.3) is 0 Å². The SMILES string of the molecule is CC(=O)c1ccc(ON(CCNCC(O)c2ccccc2)C(C)=O)cc1. The second-order valence-corrected chi connectivity index (χ2v) is 5.92. The third kappa shape index (κ3) is 5.98. The maximum atomic E-state index is 11.7. The predicted molar refractivity (Wildman–Crippen MR) is 98.7 cm³/mol. The largest absolute Gasteiger partial charge is 0.387 e. The lowest BCUT2D eigenvalue weighted by Gasteiger charge is -2.21. The summed E-state index contributed by atoms with van der Waals surface area (Å²) in [5.74, 6) is 0.224. The highest BCUT2D eigenvalue weighted by Gasteiger charge is 2.12. The maximum Gasteiger partial charge on any atom is 0.252 e. The van der Waals surface area contributed by atoms with Crippen LogP contribution in [0, 0.1) is 0 Å². The number of hydrogen-bond donors (Lipinski definition) is 2. The van der Waals surface area contributed by atoms with Crippen molar-refractivity contribution in [1.82, 2.24) is 10.4 Å². The van der Waals surface area contributed by atoms with Crippen LogP contribution in [0.4, 0.5) is 0 Å². The molecule has 0 saturated heterocycles. The summed E-state index contributed by atoms with van der Waals surface area (Å²) < 4.78 is 0. The van der Waals surface area contributed by atoms with E-state index >= 15 is 0 Å². The van der Waals surface area contributed by atoms with E-state index in [9.17, 15) is 14.7 Å². The summed E-state index contributed by atoms with van der Waals surface area (Å²) >= 11 is 0. The van der Waals surface area contributed by atoms with Crippen LogP contribution in [-0.2, 0) is 4.79 Å². The minimum absolute atomic E-state index is 0.0267. The zero-order valence-electron chi connectivity index (χ0n) is 15.0. The van der Waals surface area contributed by atoms with Crippen LogP contribution in [0.5, 0.6) is 5.75 Å². The molecule has 1 atom stereocenters. The summed E-state index contributed by atoms with van der Waals surface area (Å²) in [6, 6.07) is 16.0. The molecule has 138 valence electrons. The molecular weight excluding hydrogens is 332 g/mol. The lowest BCUT2D eigenvalue weighted by atomic mass is 10.1. The van der Waals surface area contributed by atoms with Crippen molar-refractivity contribution in [2.45, 2.75) is 20.0 Å². The molecular formula is C20H24N2O4. The number of hydrogen-bond acceptors (Lipinski definition) is 5. The number of aliphatic hydroxyl groups is 1. The van der Waals surface area contributed by atoms with Gasteiger partial charge in [0.1, 0.15) is 0 Å². The van der Waals surface area contributed by atoms with Gasteiger partial charge < -0.3 is 15.3 Å². The lowest BCUT2D eigenvalue weighted by molar-refractivity contribution is -0.154. The van der Waals surface area contributed by atoms with Crippen LogP contribution in [0.3, 0.4) is 0 Å². The second kappa shape index (κ2) is 9.70. The molecule has 0 aliphatic heterocycles. The highest BCUT2D eigenvalue weighted by Crippen LogP contribution is 2.14. The van der Waals surface area contributed by atoms with Crippen LogP contribution in [0.1, 0.15) is 35.9 Å². The molecule has 0 aromatic heterocycles. The smallest absolute Gasteiger partial charge is 0.252 e. The highest BCUT2D eigenvalue weighted by atomic mass is 16.7. The molecule has 6 heteroatoms. The number of carbonyl (C=O) groups excluding carboxylic acids is 2. The minimum atomic E-state index is -0.609. The second-order valence-electron chi connectivity index (χ2n) is 5.92. The van der Waals surface area contributed by atoms with Gasteiger partial charge in [-0.05, 0) is 36.8 Å². The quantitative estimate of drug-likeness (QED) is 0.410. The lowest BCUT2D eigenvalue weighted by Crippen LogP contribution is -2.38. The molecule has 2 aromatic rings. The summed E-state index contributed by atoms with van der Waals surface area (Å²) in [4.78, 5) is 28.6. The fourth-order valence-electron chi connectivity index (χ4n) is 2.36. The van der Waals surface area contributed by atoms with Gasteiger partial charge >= 0.3 is 0 Å². The monoisotopic (exact) mass is 356 g/mol. The Morgan fingerprint density at radius 3 is 2.31 bits per heavy atom. The first-order valence-electron chi connectivity index (χ1n) is 8.48. The number of nitrogens with zero attached hydrogens (tertiary/aromatic N) is 1. The molecule has 6 nitrogen and oxygen atoms in total. The Morgan fingerprint density at radius 1 is 1.08 bits per heavy atom. The molecule has 0 aliphatic rings. The van der Waals surface area contributed by atoms with E-state index in [0.717, 1.165) is 5.56 Å². The average Bonchev–Trinajstić information content (AvgIpc) is 2.65. The Morgan fingerprint density at radius 2 is 1.73 bits per heavy atom. The van der Waals surface area contributed by atoms with Crippen molar-refractivity contribution in [1.29, 1.82) is 0 Å². The molecule has 2 rings (SSSR count). The van der Waals surface area contributed by atoms with Crippen molar-refractivity contribution in [2.75, 3.05) is 19.6 Å². The minimum Gasteiger partial charge on any atom is -0.387 e. The summed E-state index contributed by atoms with van der Waals surface area (Å²) in [5.41, 5.74) is 1.42. The fourth-order valence-corrected chi connectivity index (χ4v) is 2.36. The molecule has 0 fully saturated rings. The van der Waals surface area contributed by atoms with E-state index in [1.807, 2.05) is 30.3 Å². The van der Waals surface area contributed by atoms with Crippen LogP contribution in [0.15, 0.2) is 54.6 Å². The molecule has 0 heterocycles. The molecule has 1 amide bonds. The number of rotatable bonds is 9. The van der Waals surface area contributed by atoms with Gasteiger partial charge in [0.25, 0.3) is 5.91 Å². The van der Waals surface area contributed by atoms with E-state index in [0.29, 0.717) is 30.9 Å². The fraction of sp³-hybridized carbons (Fsp3) is 0.300. The summed E-state index contributed by atoms with van der Waals surface area (Å²) in [5, 5.41) is 14.5. The van der Waals surface area contributed by atoms with Crippen LogP contribution in [-0.4, -0.2) is 41.5 Å². The highest BCUT2D eigenvalue weighted by molar-refractivity contribution is 5.94. The van der Waals surface area contributed by atoms with Crippen molar-refractivity contribution >= 4 is 11.7 Å². The Bertz CT molecular complexity index is 716. The number of ketones is 1. The summed E-state index contributed by atoms with van der Waals surface area (Å²) in [6.45, 7) is 4.08. The average molecular weight is 356 g/mol. The van der Waals surface area contributed by atoms with Crippen LogP contribution >= 0.6 is 0 Å². The van der Waals surface area contributed by atoms with E-state index in [4.69, 9.17) is 4.84 Å². The van der Waals surface area contributed by atoms with Crippen molar-refractivity contribution in [3.63, 3.8) is 0 Å². The molecule has 2 N–H and O–H groups in total. The van der Waals surface area contributed by atoms with Gasteiger partial charge in [0.05, 0.1) is 12.6 Å². The number of nitrogens with one attached hydrogen (secondary N) is 1. The number of carbonyl (C=O) groups is 2. The van der Waals surface area contributed by atoms with Crippen molar-refractivity contribution in [2.24, 2.45) is 0 Å². The third-order valence-electron chi connectivity index (χ3n) is 3.84. The molecule has 2 aromatic carbocycles. The Balaban J connectivity index is 1.81. The van der Waals surface area contributed by atoms with Crippen molar-refractivity contribution < 1.29 is 19.5 Å². The Kier molecular flexibility index (Phi) is 7.32. The van der Waals surface area contributed by atoms with Crippen molar-refractivity contribution in [3.05, 3.63) is 65.7 Å². The number of amides is 1. The third-order valence-corrected chi connectivity index (χ3v) is 3.84. The van der Waals surface area contributed by atoms with E-state index < -0.39 is 6.10 Å². The Labute approximate surface area is 153 Å². The first-order valence-corrected chi connectivity index (χ1v) is 8.48. The van der Waals surface area contributed by atoms with E-state index in [1.54, 1.807) is 24.3 Å². The van der Waals surface area contributed by atoms with E-state index in [2.05, 4.69) is 5.32 Å². The Hall–Kier alpha value is -2.70. The molecule has 1 unspecified atom stereocenters. The van der Waals surface area contributed by atoms with Gasteiger partial charge in [0.15, 0.2) is 11.5 Å². The van der Waals surface area contributed by atoms with Gasteiger partial charge in [-0.3, -0.25) is 9.59 Å². The van der Waals surface area contributed by atoms with Crippen LogP contribution in [0.2, 0.25) is 0 Å². The molecule has 0 aliphatic carbocycles. The van der Waals surface area contributed by atoms with Gasteiger partial charge in [-0.15, -0.1) is 0 Å². The molecule has 26 heavy (non-hydrogen) atoms. The van der Waals surface area contributed by atoms with Gasteiger partial charge in [0, 0.05) is 25.6 Å². The predicted octanol–water partition coefficient (Wildman–Crippen LogP) is 2.35. The summed E-state index contributed by atoms with van der Waals surface area (Å²) in [7, 11) is 0. The summed E-state index contributed by atoms with van der Waals surface area (Å²) in [6.07, 6.45) is -0.609. The molecule has 0 spiro atoms. The number of hydroxylamine groups is 2. The molecule has 0 saturated carbocycles. The van der Waals surface area contributed by atoms with Gasteiger partial charge in [0.2, 0.25) is 0 Å². The standard InChI is InChI=1S/C20H24N2O4/c1-15(23)17-8-10-19(11-9-17)26-22(16(2)24)13-12-21-14-20(25)18-6-4-3-5-7-18/h3-11,20-21,25H,12-14H2,1-2H3. The molecule has 0 bridgehead atoms. The zero-order valence-corrected chi connectivity index (χ0v) is 15.0. The topological polar surface area (TPSA) is 78.9 Å². The van der Waals surface area contributed by atoms with E-state index in [-0.39, 0.29) is 11.7 Å². The number of Topliss-reactive ketones (excluding diaryl/α,β-unsaturated/α-hetero) is 1. The first kappa shape index (κ1) is 19.6. The van der Waals surface area contributed by atoms with Gasteiger partial charge in [-0.1, -0.05) is 30.3 Å². The first-order chi connectivity index (χ1) is 12.5. The van der Waals surface area contributed by atoms with Crippen LogP contribution < -0.4 is 10.2 Å². The van der Waals surface area contributed by atoms with Crippen molar-refractivity contribution in [3.8, 4) is 5.75 Å². The maximum absolute atomic E-state index is 11.7. The number of benzene rings is 2.